The Balaban J connectivity index is 1.76. The van der Waals surface area contributed by atoms with Gasteiger partial charge in [-0.2, -0.15) is 0 Å². The van der Waals surface area contributed by atoms with Gasteiger partial charge in [-0.15, -0.1) is 0 Å². The molecule has 1 amide bonds. The predicted molar refractivity (Wildman–Crippen MR) is 86.9 cm³/mol. The van der Waals surface area contributed by atoms with Crippen molar-refractivity contribution in [2.75, 3.05) is 39.9 Å². The summed E-state index contributed by atoms with van der Waals surface area (Å²) in [6.07, 6.45) is 2.07. The Morgan fingerprint density at radius 2 is 2.18 bits per heavy atom. The third-order valence-electron chi connectivity index (χ3n) is 5.55. The first kappa shape index (κ1) is 15.9. The highest BCUT2D eigenvalue weighted by Gasteiger charge is 2.60. The summed E-state index contributed by atoms with van der Waals surface area (Å²) in [5.74, 6) is 2.68. The summed E-state index contributed by atoms with van der Waals surface area (Å²) in [4.78, 5) is 22.4. The largest absolute Gasteiger partial charge is 0.383 e. The Bertz CT molecular complexity index is 477. The number of ether oxygens (including phenoxy) is 1. The first-order valence-corrected chi connectivity index (χ1v) is 8.57. The van der Waals surface area contributed by atoms with Crippen LogP contribution in [0.1, 0.15) is 33.6 Å². The SMILES string of the molecule is COCCN1C[C@H]2CC[C@@]3(N=C(C)N(CC(C)C)C3=O)[C@H]2C1. The Morgan fingerprint density at radius 1 is 1.41 bits per heavy atom. The van der Waals surface area contributed by atoms with Crippen molar-refractivity contribution in [1.29, 1.82) is 0 Å². The molecule has 3 rings (SSSR count). The van der Waals surface area contributed by atoms with Crippen molar-refractivity contribution in [3.05, 3.63) is 0 Å². The summed E-state index contributed by atoms with van der Waals surface area (Å²) in [7, 11) is 1.75. The number of fused-ring (bicyclic) bond motifs is 2. The molecule has 0 N–H and O–H groups in total. The van der Waals surface area contributed by atoms with Crippen molar-refractivity contribution in [3.63, 3.8) is 0 Å². The molecule has 3 atom stereocenters. The fourth-order valence-electron chi connectivity index (χ4n) is 4.55. The van der Waals surface area contributed by atoms with Crippen LogP contribution in [-0.2, 0) is 9.53 Å². The summed E-state index contributed by atoms with van der Waals surface area (Å²) in [5.41, 5.74) is -0.453. The first-order valence-electron chi connectivity index (χ1n) is 8.57. The molecule has 2 aliphatic heterocycles. The van der Waals surface area contributed by atoms with Gasteiger partial charge in [-0.3, -0.25) is 14.7 Å². The van der Waals surface area contributed by atoms with Crippen LogP contribution >= 0.6 is 0 Å². The number of nitrogens with zero attached hydrogens (tertiary/aromatic N) is 3. The van der Waals surface area contributed by atoms with Crippen LogP contribution in [0.2, 0.25) is 0 Å². The maximum atomic E-state index is 13.1. The molecule has 0 aromatic rings. The molecule has 0 unspecified atom stereocenters. The van der Waals surface area contributed by atoms with E-state index in [4.69, 9.17) is 9.73 Å². The molecule has 3 aliphatic rings. The van der Waals surface area contributed by atoms with Crippen molar-refractivity contribution < 1.29 is 9.53 Å². The van der Waals surface area contributed by atoms with E-state index in [-0.39, 0.29) is 5.91 Å². The Labute approximate surface area is 133 Å². The molecule has 1 spiro atoms. The number of likely N-dealkylation sites (tertiary alicyclic amines) is 1. The topological polar surface area (TPSA) is 45.1 Å². The monoisotopic (exact) mass is 307 g/mol. The highest BCUT2D eigenvalue weighted by atomic mass is 16.5. The summed E-state index contributed by atoms with van der Waals surface area (Å²) >= 11 is 0. The number of aliphatic imine (C=N–C) groups is 1. The quantitative estimate of drug-likeness (QED) is 0.775. The van der Waals surface area contributed by atoms with Crippen molar-refractivity contribution >= 4 is 11.7 Å². The zero-order valence-corrected chi connectivity index (χ0v) is 14.3. The molecule has 0 aromatic carbocycles. The number of amides is 1. The molecule has 0 aromatic heterocycles. The normalized spacial score (nSPS) is 35.0. The van der Waals surface area contributed by atoms with Crippen LogP contribution in [0.15, 0.2) is 4.99 Å². The number of methoxy groups -OCH3 is 1. The van der Waals surface area contributed by atoms with E-state index < -0.39 is 5.54 Å². The molecular weight excluding hydrogens is 278 g/mol. The molecule has 0 bridgehead atoms. The number of carbonyl (C=O) groups excluding carboxylic acids is 1. The van der Waals surface area contributed by atoms with Gasteiger partial charge in [0.25, 0.3) is 5.91 Å². The van der Waals surface area contributed by atoms with Crippen molar-refractivity contribution in [2.24, 2.45) is 22.7 Å². The van der Waals surface area contributed by atoms with Gasteiger partial charge in [0.05, 0.1) is 6.61 Å². The van der Waals surface area contributed by atoms with E-state index in [2.05, 4.69) is 18.7 Å². The molecular formula is C17H29N3O2. The third-order valence-corrected chi connectivity index (χ3v) is 5.55. The molecule has 0 radical (unpaired) electrons. The zero-order chi connectivity index (χ0) is 15.9. The summed E-state index contributed by atoms with van der Waals surface area (Å²) < 4.78 is 5.20. The van der Waals surface area contributed by atoms with Gasteiger partial charge in [-0.1, -0.05) is 13.8 Å². The van der Waals surface area contributed by atoms with Gasteiger partial charge in [-0.25, -0.2) is 0 Å². The van der Waals surface area contributed by atoms with Crippen LogP contribution in [0.3, 0.4) is 0 Å². The smallest absolute Gasteiger partial charge is 0.256 e. The zero-order valence-electron chi connectivity index (χ0n) is 14.3. The Hall–Kier alpha value is -0.940. The van der Waals surface area contributed by atoms with Gasteiger partial charge in [0.1, 0.15) is 11.4 Å². The molecule has 124 valence electrons. The lowest BCUT2D eigenvalue weighted by Crippen LogP contribution is -2.47. The number of hydrogen-bond donors (Lipinski definition) is 0. The average molecular weight is 307 g/mol. The molecule has 22 heavy (non-hydrogen) atoms. The fraction of sp³-hybridized carbons (Fsp3) is 0.882. The second-order valence-electron chi connectivity index (χ2n) is 7.55. The van der Waals surface area contributed by atoms with Crippen LogP contribution in [-0.4, -0.2) is 67.0 Å². The number of hydrogen-bond acceptors (Lipinski definition) is 4. The summed E-state index contributed by atoms with van der Waals surface area (Å²) in [6.45, 7) is 10.9. The Morgan fingerprint density at radius 3 is 2.86 bits per heavy atom. The number of carbonyl (C=O) groups is 1. The highest BCUT2D eigenvalue weighted by Crippen LogP contribution is 2.50. The Kier molecular flexibility index (Phi) is 4.29. The lowest BCUT2D eigenvalue weighted by Gasteiger charge is -2.28. The minimum Gasteiger partial charge on any atom is -0.383 e. The second kappa shape index (κ2) is 5.93. The second-order valence-corrected chi connectivity index (χ2v) is 7.55. The lowest BCUT2D eigenvalue weighted by atomic mass is 9.85. The van der Waals surface area contributed by atoms with Crippen LogP contribution in [0.5, 0.6) is 0 Å². The van der Waals surface area contributed by atoms with Gasteiger partial charge < -0.3 is 9.64 Å². The van der Waals surface area contributed by atoms with Gasteiger partial charge in [0.2, 0.25) is 0 Å². The van der Waals surface area contributed by atoms with Gasteiger partial charge in [0.15, 0.2) is 0 Å². The minimum absolute atomic E-state index is 0.264. The van der Waals surface area contributed by atoms with E-state index in [1.54, 1.807) is 7.11 Å². The van der Waals surface area contributed by atoms with Crippen molar-refractivity contribution in [1.82, 2.24) is 9.80 Å². The van der Waals surface area contributed by atoms with Crippen molar-refractivity contribution in [3.8, 4) is 0 Å². The van der Waals surface area contributed by atoms with E-state index in [1.165, 1.54) is 0 Å². The third kappa shape index (κ3) is 2.48. The summed E-state index contributed by atoms with van der Waals surface area (Å²) in [6, 6.07) is 0. The standard InChI is InChI=1S/C17H29N3O2/c1-12(2)9-20-13(3)18-17(16(20)21)6-5-14-10-19(7-8-22-4)11-15(14)17/h12,14-15H,5-11H2,1-4H3/t14-,15+,17-/m1/s1. The first-order chi connectivity index (χ1) is 10.5. The molecule has 5 heteroatoms. The van der Waals surface area contributed by atoms with Crippen LogP contribution in [0.25, 0.3) is 0 Å². The molecule has 1 saturated heterocycles. The van der Waals surface area contributed by atoms with E-state index >= 15 is 0 Å². The average Bonchev–Trinajstić information content (AvgIpc) is 3.08. The molecule has 2 fully saturated rings. The van der Waals surface area contributed by atoms with E-state index in [9.17, 15) is 4.79 Å². The summed E-state index contributed by atoms with van der Waals surface area (Å²) in [5, 5.41) is 0. The maximum absolute atomic E-state index is 13.1. The van der Waals surface area contributed by atoms with E-state index in [0.29, 0.717) is 17.8 Å². The molecule has 1 aliphatic carbocycles. The van der Waals surface area contributed by atoms with Crippen molar-refractivity contribution in [2.45, 2.75) is 39.2 Å². The van der Waals surface area contributed by atoms with Gasteiger partial charge in [-0.05, 0) is 31.6 Å². The predicted octanol–water partition coefficient (Wildman–Crippen LogP) is 1.63. The fourth-order valence-corrected chi connectivity index (χ4v) is 4.55. The molecule has 2 heterocycles. The van der Waals surface area contributed by atoms with Crippen LogP contribution in [0.4, 0.5) is 0 Å². The van der Waals surface area contributed by atoms with Gasteiger partial charge in [0, 0.05) is 39.2 Å². The van der Waals surface area contributed by atoms with E-state index in [1.807, 2.05) is 11.8 Å². The molecule has 5 nitrogen and oxygen atoms in total. The maximum Gasteiger partial charge on any atom is 0.256 e. The highest BCUT2D eigenvalue weighted by molar-refractivity contribution is 6.07. The van der Waals surface area contributed by atoms with E-state index in [0.717, 1.165) is 51.5 Å². The lowest BCUT2D eigenvalue weighted by molar-refractivity contribution is -0.132. The van der Waals surface area contributed by atoms with Crippen LogP contribution < -0.4 is 0 Å². The molecule has 1 saturated carbocycles. The van der Waals surface area contributed by atoms with Gasteiger partial charge >= 0.3 is 0 Å². The number of amidine groups is 1. The minimum atomic E-state index is -0.453. The van der Waals surface area contributed by atoms with Crippen LogP contribution in [0, 0.1) is 17.8 Å². The number of rotatable bonds is 5.